The Labute approximate surface area is 438 Å². The average Bonchev–Trinajstić information content (AvgIpc) is 0.467. The van der Waals surface area contributed by atoms with Crippen LogP contribution in [0.15, 0.2) is 0 Å². The fourth-order valence-electron chi connectivity index (χ4n) is 94.4. The lowest BCUT2D eigenvalue weighted by Gasteiger charge is -3.77. The minimum absolute atomic E-state index is 1.10. The second kappa shape index (κ2) is 3.45. The lowest BCUT2D eigenvalue weighted by molar-refractivity contribution is -1.30. The first-order valence-corrected chi connectivity index (χ1v) is 38.8. The quantitative estimate of drug-likeness (QED) is 0.296. The summed E-state index contributed by atoms with van der Waals surface area (Å²) in [6.45, 7) is 0. The van der Waals surface area contributed by atoms with Crippen LogP contribution in [0.4, 0.5) is 0 Å². The summed E-state index contributed by atoms with van der Waals surface area (Å²) < 4.78 is 0. The van der Waals surface area contributed by atoms with Crippen LogP contribution in [-0.2, 0) is 0 Å². The molecule has 0 N–H and O–H groups in total. The number of hydrogen-bond acceptors (Lipinski definition) is 0. The van der Waals surface area contributed by atoms with E-state index in [1.54, 1.807) is 0 Å². The molecular formula is C78H38. The Balaban J connectivity index is 0.696. The molecule has 0 nitrogen and oxygen atoms in total. The van der Waals surface area contributed by atoms with Gasteiger partial charge in [-0.3, -0.25) is 0 Å². The highest BCUT2D eigenvalue weighted by atomic mass is 15.8. The number of hydrogen-bond donors (Lipinski definition) is 0. The van der Waals surface area contributed by atoms with Crippen molar-refractivity contribution in [3.8, 4) is 0 Å². The van der Waals surface area contributed by atoms with E-state index in [-0.39, 0.29) is 0 Å². The van der Waals surface area contributed by atoms with Crippen molar-refractivity contribution in [3.05, 3.63) is 16.2 Å². The van der Waals surface area contributed by atoms with Gasteiger partial charge in [0.15, 0.2) is 0 Å². The van der Waals surface area contributed by atoms with Gasteiger partial charge in [0, 0.05) is 0 Å². The molecule has 0 aromatic rings. The van der Waals surface area contributed by atoms with Gasteiger partial charge in [0.1, 0.15) is 0 Å². The molecule has 58 unspecified atom stereocenters. The maximum atomic E-state index is 2.10. The molecule has 45 spiro atoms. The lowest BCUT2D eigenvalue weighted by Crippen LogP contribution is -3.76. The van der Waals surface area contributed by atoms with Crippen molar-refractivity contribution in [2.75, 3.05) is 0 Å². The standard InChI is InChI=1S/C78H38/c1-7-17-15-6-5-34-39(15)41(17)35(7)8(1)18-26-20-10-3-13-23-29-31-33-32-30-24-14-4-11-21-27-19-9-2-12-22-28-25-16(6)40(34)49(25)52(28)46(22)36(9,12)43(19)51(27)45(21)38(11,14)48(24)54(30)56(32)57(33)55(31)53(29)47(23)37(10,13)44(20)50(26)42(18,35)59(41)63(39)58(34)64(40)70(49)67(52)60(43,46)66(51)62(45,48)69(54)72(56)73(57)71(55)68(53)61(44,47)65(50,59)75(63,68)74(58,71)77(64,73)78(70,72)76(66,67)69/h6-33H,1-5H2/t6?,7?,8?,9?,10-,11?,12?,13+,14?,15?,16?,17?,18?,19?,20-,21?,22?,23+,24?,25?,26?,27?,28?,29+,30?,31+,32?,33?,34-,35?,36?,37?,38?,39?,40-,41?,42?,43?,44?,45?,46+,47?,48?,49-,50-,51?,52+,53?,54?,55?,56?,57?,58?,59+,60?,61?,62?,63?,64?,65-,66?,67?,68?,69?,70?,71?,72?,73?,74?,75?,76-,77?,78?/m0/s1. The summed E-state index contributed by atoms with van der Waals surface area (Å²) in [7, 11) is 0. The van der Waals surface area contributed by atoms with Crippen LogP contribution in [0.1, 0.15) is 32.1 Å². The minimum Gasteiger partial charge on any atom is -0.0458 e. The molecule has 0 heteroatoms. The van der Waals surface area contributed by atoms with Crippen molar-refractivity contribution in [1.29, 1.82) is 0 Å². The Hall–Kier alpha value is 0. The Kier molecular flexibility index (Phi) is 1.09. The van der Waals surface area contributed by atoms with Crippen LogP contribution >= 0.6 is 0 Å². The first-order valence-electron chi connectivity index (χ1n) is 38.8. The Morgan fingerprint density at radius 2 is 0.359 bits per heavy atom. The molecule has 0 aromatic carbocycles. The van der Waals surface area contributed by atoms with Crippen molar-refractivity contribution >= 4 is 0 Å². The Bertz CT molecular complexity index is 6090. The highest BCUT2D eigenvalue weighted by Gasteiger charge is 3.83. The predicted octanol–water partition coefficient (Wildman–Crippen LogP) is 5.64. The zero-order chi connectivity index (χ0) is 42.2. The van der Waals surface area contributed by atoms with E-state index >= 15 is 0 Å². The molecule has 60 rings (SSSR count). The molecule has 78 heavy (non-hydrogen) atoms. The molecule has 73 atom stereocenters. The molecule has 60 fully saturated rings. The molecule has 0 aromatic heterocycles. The van der Waals surface area contributed by atoms with Gasteiger partial charge in [-0.15, -0.1) is 0 Å². The summed E-state index contributed by atoms with van der Waals surface area (Å²) in [5, 5.41) is 0. The summed E-state index contributed by atoms with van der Waals surface area (Å²) in [6.07, 6.45) is 9.72. The first-order chi connectivity index (χ1) is 38.8. The SMILES string of the molecule is C1C2C3C4C5C6[C@H]7[C@H]8[C@H]9[C@H]%10C[C@H]%11[C@H]%12C%13C%14C%15CC%16C%17C%18C%19C[C@]%20%21C%18%22C%17%18C%16%15C%14%15[C@]%13%14C%12%13C%10%11C9%10C89C78C67C56C45C34C23C1C1C2C%11C%12CC%16C%17C%23C%24C%19[C@]%20%19C%20%25C%26%27C7(C87C%268C%20%21C%22%20C8%21C97C%10%13[C@]%21%14[C@@]%18%20%15)C67C56C45C13C21C%112C%12%16[C@]%173C24C15[C@@]61C7%27C%252C41[C@]%233[C@@]%242%19. The topological polar surface area (TPSA) is 0 Å². The van der Waals surface area contributed by atoms with Crippen LogP contribution < -0.4 is 0 Å². The third-order valence-electron chi connectivity index (χ3n) is 71.7. The maximum Gasteiger partial charge on any atom is -0.0000251 e. The van der Waals surface area contributed by atoms with Crippen LogP contribution in [0, 0.1) is 409 Å². The maximum absolute atomic E-state index is 2.10. The molecule has 2 bridgehead atoms. The molecule has 60 aliphatic carbocycles. The van der Waals surface area contributed by atoms with Gasteiger partial charge in [0.05, 0.1) is 0 Å². The number of fused-ring (bicyclic) bond motifs is 25. The zero-order valence-corrected chi connectivity index (χ0v) is 42.2. The zero-order valence-electron chi connectivity index (χ0n) is 42.2. The fraction of sp³-hybridized carbons (Fsp3) is 1.00. The van der Waals surface area contributed by atoms with Gasteiger partial charge < -0.3 is 0 Å². The van der Waals surface area contributed by atoms with E-state index in [0.717, 1.165) is 227 Å². The lowest BCUT2D eigenvalue weighted by atomic mass is 8.24. The van der Waals surface area contributed by atoms with E-state index in [1.165, 1.54) is 182 Å². The fourth-order valence-corrected chi connectivity index (χ4v) is 94.4. The summed E-state index contributed by atoms with van der Waals surface area (Å²) in [5.41, 5.74) is 51.4. The van der Waals surface area contributed by atoms with Crippen LogP contribution in [0.25, 0.3) is 0 Å². The molecular weight excluding hydrogens is 937 g/mol. The van der Waals surface area contributed by atoms with Crippen molar-refractivity contribution in [1.82, 2.24) is 0 Å². The number of rotatable bonds is 0. The molecule has 0 aliphatic heterocycles. The summed E-state index contributed by atoms with van der Waals surface area (Å²) in [4.78, 5) is 0. The second-order valence-corrected chi connectivity index (χ2v) is 52.1. The van der Waals surface area contributed by atoms with E-state index in [9.17, 15) is 0 Å². The second-order valence-electron chi connectivity index (χ2n) is 52.1. The van der Waals surface area contributed by atoms with Crippen LogP contribution in [-0.4, -0.2) is 0 Å². The molecule has 0 saturated heterocycles. The highest BCUT2D eigenvalue weighted by Crippen LogP contribution is 3.84. The van der Waals surface area contributed by atoms with E-state index < -0.39 is 0 Å². The van der Waals surface area contributed by atoms with Crippen LogP contribution in [0.2, 0.25) is 0 Å². The minimum atomic E-state index is 1.10. The van der Waals surface area contributed by atoms with Gasteiger partial charge in [0.25, 0.3) is 0 Å². The van der Waals surface area contributed by atoms with Crippen molar-refractivity contribution in [2.45, 2.75) is 32.1 Å². The third kappa shape index (κ3) is 0.461. The summed E-state index contributed by atoms with van der Waals surface area (Å²) in [6, 6.07) is 0. The Morgan fingerprint density at radius 1 is 0.154 bits per heavy atom. The molecule has 350 valence electrons. The van der Waals surface area contributed by atoms with E-state index in [4.69, 9.17) is 0 Å². The van der Waals surface area contributed by atoms with Gasteiger partial charge in [-0.05, 0) is 441 Å². The average molecular weight is 975 g/mol. The summed E-state index contributed by atoms with van der Waals surface area (Å²) >= 11 is 0. The molecule has 60 saturated carbocycles. The highest BCUT2D eigenvalue weighted by molar-refractivity contribution is 6.37. The van der Waals surface area contributed by atoms with Crippen molar-refractivity contribution in [3.63, 3.8) is 0 Å². The van der Waals surface area contributed by atoms with E-state index in [1.807, 2.05) is 25.7 Å². The van der Waals surface area contributed by atoms with Gasteiger partial charge in [0.2, 0.25) is 0 Å². The summed E-state index contributed by atoms with van der Waals surface area (Å²) in [5.74, 6) is 40.0. The van der Waals surface area contributed by atoms with Gasteiger partial charge in [-0.1, -0.05) is 0 Å². The van der Waals surface area contributed by atoms with Crippen LogP contribution in [0.3, 0.4) is 0 Å². The molecule has 0 amide bonds. The van der Waals surface area contributed by atoms with Crippen LogP contribution in [0.5, 0.6) is 0 Å². The van der Waals surface area contributed by atoms with E-state index in [0.29, 0.717) is 0 Å². The molecule has 0 heterocycles. The molecule has 0 radical (unpaired) electrons. The van der Waals surface area contributed by atoms with Gasteiger partial charge in [-0.25, -0.2) is 0 Å². The predicted molar refractivity (Wildman–Crippen MR) is 233 cm³/mol. The largest absolute Gasteiger partial charge is 0.0458 e. The van der Waals surface area contributed by atoms with E-state index in [2.05, 4.69) is 6.42 Å². The third-order valence-corrected chi connectivity index (χ3v) is 71.7. The monoisotopic (exact) mass is 974 g/mol. The normalized spacial score (nSPS) is 151. The van der Waals surface area contributed by atoms with Crippen molar-refractivity contribution < 1.29 is 0 Å². The molecule has 60 aliphatic rings. The Morgan fingerprint density at radius 3 is 0.769 bits per heavy atom. The van der Waals surface area contributed by atoms with Crippen molar-refractivity contribution in [2.24, 2.45) is 393 Å². The van der Waals surface area contributed by atoms with Gasteiger partial charge >= 0.3 is 0 Å². The smallest absolute Gasteiger partial charge is 0.0000251 e. The first kappa shape index (κ1) is 24.6. The van der Waals surface area contributed by atoms with Gasteiger partial charge in [-0.2, -0.15) is 0 Å².